The highest BCUT2D eigenvalue weighted by atomic mass is 35.5. The van der Waals surface area contributed by atoms with E-state index in [1.807, 2.05) is 12.1 Å². The Morgan fingerprint density at radius 2 is 1.45 bits per heavy atom. The van der Waals surface area contributed by atoms with Crippen LogP contribution < -0.4 is 4.90 Å². The number of nitrogens with zero attached hydrogens (tertiary/aromatic N) is 2. The molecule has 0 bridgehead atoms. The van der Waals surface area contributed by atoms with Crippen LogP contribution >= 0.6 is 11.6 Å². The van der Waals surface area contributed by atoms with Gasteiger partial charge in [0.05, 0.1) is 0 Å². The van der Waals surface area contributed by atoms with Gasteiger partial charge in [0, 0.05) is 43.4 Å². The average Bonchev–Trinajstić information content (AvgIpc) is 2.50. The fourth-order valence-electron chi connectivity index (χ4n) is 2.66. The van der Waals surface area contributed by atoms with E-state index in [2.05, 4.69) is 52.3 Å². The van der Waals surface area contributed by atoms with E-state index in [-0.39, 0.29) is 0 Å². The summed E-state index contributed by atoms with van der Waals surface area (Å²) in [6.07, 6.45) is 0. The Morgan fingerprint density at radius 1 is 0.800 bits per heavy atom. The van der Waals surface area contributed by atoms with E-state index in [4.69, 9.17) is 11.6 Å². The summed E-state index contributed by atoms with van der Waals surface area (Å²) in [7, 11) is 0. The molecule has 0 N–H and O–H groups in total. The number of hydrogen-bond donors (Lipinski definition) is 0. The SMILES string of the molecule is Clc1ccc(N2CCN(Cc3ccccc3)CC2)cc1. The third-order valence-electron chi connectivity index (χ3n) is 3.81. The number of piperazine rings is 1. The molecule has 1 aliphatic heterocycles. The highest BCUT2D eigenvalue weighted by molar-refractivity contribution is 6.30. The summed E-state index contributed by atoms with van der Waals surface area (Å²) in [6.45, 7) is 5.42. The maximum atomic E-state index is 5.94. The predicted octanol–water partition coefficient (Wildman–Crippen LogP) is 3.66. The van der Waals surface area contributed by atoms with Crippen LogP contribution in [0, 0.1) is 0 Å². The minimum atomic E-state index is 0.802. The molecule has 3 heteroatoms. The monoisotopic (exact) mass is 286 g/mol. The van der Waals surface area contributed by atoms with Crippen LogP contribution in [0.2, 0.25) is 5.02 Å². The third kappa shape index (κ3) is 3.33. The van der Waals surface area contributed by atoms with Crippen LogP contribution in [0.5, 0.6) is 0 Å². The second-order valence-electron chi connectivity index (χ2n) is 5.23. The van der Waals surface area contributed by atoms with Crippen LogP contribution in [-0.4, -0.2) is 31.1 Å². The predicted molar refractivity (Wildman–Crippen MR) is 85.4 cm³/mol. The van der Waals surface area contributed by atoms with Crippen molar-refractivity contribution in [2.75, 3.05) is 31.1 Å². The molecule has 104 valence electrons. The van der Waals surface area contributed by atoms with Gasteiger partial charge in [-0.15, -0.1) is 0 Å². The van der Waals surface area contributed by atoms with Crippen molar-refractivity contribution in [1.29, 1.82) is 0 Å². The number of hydrogen-bond acceptors (Lipinski definition) is 2. The van der Waals surface area contributed by atoms with E-state index >= 15 is 0 Å². The molecule has 0 unspecified atom stereocenters. The Balaban J connectivity index is 1.55. The first-order chi connectivity index (χ1) is 9.81. The average molecular weight is 287 g/mol. The number of anilines is 1. The molecule has 1 fully saturated rings. The van der Waals surface area contributed by atoms with Crippen LogP contribution in [0.3, 0.4) is 0 Å². The van der Waals surface area contributed by atoms with Crippen molar-refractivity contribution < 1.29 is 0 Å². The molecule has 0 saturated carbocycles. The number of halogens is 1. The van der Waals surface area contributed by atoms with Gasteiger partial charge in [0.2, 0.25) is 0 Å². The number of rotatable bonds is 3. The smallest absolute Gasteiger partial charge is 0.0407 e. The summed E-state index contributed by atoms with van der Waals surface area (Å²) in [5, 5.41) is 0.802. The minimum absolute atomic E-state index is 0.802. The lowest BCUT2D eigenvalue weighted by molar-refractivity contribution is 0.250. The van der Waals surface area contributed by atoms with Crippen LogP contribution in [0.15, 0.2) is 54.6 Å². The molecule has 0 spiro atoms. The third-order valence-corrected chi connectivity index (χ3v) is 4.07. The summed E-state index contributed by atoms with van der Waals surface area (Å²) in [6, 6.07) is 18.8. The highest BCUT2D eigenvalue weighted by Gasteiger charge is 2.17. The van der Waals surface area contributed by atoms with E-state index in [0.29, 0.717) is 0 Å². The van der Waals surface area contributed by atoms with Crippen molar-refractivity contribution in [3.05, 3.63) is 65.2 Å². The van der Waals surface area contributed by atoms with Crippen molar-refractivity contribution in [1.82, 2.24) is 4.90 Å². The maximum Gasteiger partial charge on any atom is 0.0407 e. The molecule has 2 aromatic carbocycles. The Kier molecular flexibility index (Phi) is 4.24. The molecule has 1 saturated heterocycles. The van der Waals surface area contributed by atoms with Gasteiger partial charge in [0.15, 0.2) is 0 Å². The highest BCUT2D eigenvalue weighted by Crippen LogP contribution is 2.20. The Morgan fingerprint density at radius 3 is 2.10 bits per heavy atom. The summed E-state index contributed by atoms with van der Waals surface area (Å²) in [5.41, 5.74) is 2.67. The van der Waals surface area contributed by atoms with Gasteiger partial charge in [0.25, 0.3) is 0 Å². The van der Waals surface area contributed by atoms with E-state index < -0.39 is 0 Å². The fraction of sp³-hybridized carbons (Fsp3) is 0.294. The van der Waals surface area contributed by atoms with Gasteiger partial charge < -0.3 is 4.90 Å². The van der Waals surface area contributed by atoms with E-state index in [0.717, 1.165) is 37.7 Å². The van der Waals surface area contributed by atoms with Crippen molar-refractivity contribution in [2.24, 2.45) is 0 Å². The normalized spacial score (nSPS) is 16.4. The Bertz CT molecular complexity index is 531. The second kappa shape index (κ2) is 6.29. The van der Waals surface area contributed by atoms with Crippen LogP contribution in [0.1, 0.15) is 5.56 Å². The van der Waals surface area contributed by atoms with E-state index in [9.17, 15) is 0 Å². The summed E-state index contributed by atoms with van der Waals surface area (Å²) in [5.74, 6) is 0. The zero-order chi connectivity index (χ0) is 13.8. The van der Waals surface area contributed by atoms with Crippen LogP contribution in [-0.2, 0) is 6.54 Å². The molecule has 1 heterocycles. The molecular weight excluding hydrogens is 268 g/mol. The van der Waals surface area contributed by atoms with Crippen molar-refractivity contribution in [3.8, 4) is 0 Å². The molecule has 3 rings (SSSR count). The molecule has 0 atom stereocenters. The molecule has 2 nitrogen and oxygen atoms in total. The van der Waals surface area contributed by atoms with Gasteiger partial charge in [-0.2, -0.15) is 0 Å². The molecule has 0 radical (unpaired) electrons. The molecule has 0 aromatic heterocycles. The lowest BCUT2D eigenvalue weighted by atomic mass is 10.2. The first-order valence-electron chi connectivity index (χ1n) is 7.08. The zero-order valence-corrected chi connectivity index (χ0v) is 12.3. The van der Waals surface area contributed by atoms with E-state index in [1.165, 1.54) is 11.3 Å². The minimum Gasteiger partial charge on any atom is -0.369 e. The van der Waals surface area contributed by atoms with Gasteiger partial charge in [0.1, 0.15) is 0 Å². The second-order valence-corrected chi connectivity index (χ2v) is 5.66. The lowest BCUT2D eigenvalue weighted by Gasteiger charge is -2.36. The summed E-state index contributed by atoms with van der Waals surface area (Å²) < 4.78 is 0. The van der Waals surface area contributed by atoms with Gasteiger partial charge >= 0.3 is 0 Å². The Hall–Kier alpha value is -1.51. The van der Waals surface area contributed by atoms with E-state index in [1.54, 1.807) is 0 Å². The van der Waals surface area contributed by atoms with Crippen molar-refractivity contribution in [2.45, 2.75) is 6.54 Å². The molecular formula is C17H19ClN2. The van der Waals surface area contributed by atoms with Crippen LogP contribution in [0.25, 0.3) is 0 Å². The zero-order valence-electron chi connectivity index (χ0n) is 11.5. The molecule has 1 aliphatic rings. The summed E-state index contributed by atoms with van der Waals surface area (Å²) >= 11 is 5.94. The van der Waals surface area contributed by atoms with Crippen molar-refractivity contribution in [3.63, 3.8) is 0 Å². The molecule has 20 heavy (non-hydrogen) atoms. The van der Waals surface area contributed by atoms with Crippen LogP contribution in [0.4, 0.5) is 5.69 Å². The Labute approximate surface area is 125 Å². The van der Waals surface area contributed by atoms with Gasteiger partial charge in [-0.1, -0.05) is 41.9 Å². The number of benzene rings is 2. The van der Waals surface area contributed by atoms with Crippen molar-refractivity contribution >= 4 is 17.3 Å². The first-order valence-corrected chi connectivity index (χ1v) is 7.46. The molecule has 2 aromatic rings. The fourth-order valence-corrected chi connectivity index (χ4v) is 2.78. The standard InChI is InChI=1S/C17H19ClN2/c18-16-6-8-17(9-7-16)20-12-10-19(11-13-20)14-15-4-2-1-3-5-15/h1-9H,10-14H2. The first kappa shape index (κ1) is 13.5. The quantitative estimate of drug-likeness (QED) is 0.850. The maximum absolute atomic E-state index is 5.94. The van der Waals surface area contributed by atoms with Gasteiger partial charge in [-0.05, 0) is 29.8 Å². The topological polar surface area (TPSA) is 6.48 Å². The van der Waals surface area contributed by atoms with Gasteiger partial charge in [-0.3, -0.25) is 4.90 Å². The largest absolute Gasteiger partial charge is 0.369 e. The summed E-state index contributed by atoms with van der Waals surface area (Å²) in [4.78, 5) is 4.94. The molecule has 0 amide bonds. The van der Waals surface area contributed by atoms with Gasteiger partial charge in [-0.25, -0.2) is 0 Å². The lowest BCUT2D eigenvalue weighted by Crippen LogP contribution is -2.45. The molecule has 0 aliphatic carbocycles.